The molecule has 2 aromatic carbocycles. The molecule has 0 heterocycles. The Bertz CT molecular complexity index is 993. The van der Waals surface area contributed by atoms with Gasteiger partial charge in [0.2, 0.25) is 10.0 Å². The minimum atomic E-state index is -3.69. The average molecular weight is 575 g/mol. The van der Waals surface area contributed by atoms with Crippen molar-refractivity contribution in [2.75, 3.05) is 7.05 Å². The summed E-state index contributed by atoms with van der Waals surface area (Å²) in [7, 11) is -1.98. The maximum Gasteiger partial charge on any atom is 0.238 e. The van der Waals surface area contributed by atoms with Crippen molar-refractivity contribution < 1.29 is 13.2 Å². The topological polar surface area (TPSA) is 106 Å². The minimum Gasteiger partial charge on any atom is -0.490 e. The molecule has 0 aliphatic heterocycles. The molecule has 0 aromatic heterocycles. The fourth-order valence-corrected chi connectivity index (χ4v) is 3.74. The molecule has 1 unspecified atom stereocenters. The van der Waals surface area contributed by atoms with Crippen molar-refractivity contribution in [3.05, 3.63) is 59.2 Å². The Morgan fingerprint density at radius 3 is 2.25 bits per heavy atom. The maximum absolute atomic E-state index is 11.4. The van der Waals surface area contributed by atoms with E-state index >= 15 is 0 Å². The molecule has 0 spiro atoms. The Morgan fingerprint density at radius 2 is 1.69 bits per heavy atom. The molecule has 2 aromatic rings. The van der Waals surface area contributed by atoms with E-state index in [4.69, 9.17) is 9.88 Å². The second-order valence-corrected chi connectivity index (χ2v) is 9.70. The Hall–Kier alpha value is -1.85. The molecule has 2 rings (SSSR count). The lowest BCUT2D eigenvalue weighted by atomic mass is 10.1. The second kappa shape index (κ2) is 13.0. The molecule has 178 valence electrons. The third-order valence-corrected chi connectivity index (χ3v) is 5.67. The minimum absolute atomic E-state index is 0. The van der Waals surface area contributed by atoms with Crippen LogP contribution < -0.4 is 20.5 Å². The van der Waals surface area contributed by atoms with E-state index in [0.29, 0.717) is 25.0 Å². The molecule has 0 saturated heterocycles. The normalized spacial score (nSPS) is 12.8. The smallest absolute Gasteiger partial charge is 0.238 e. The molecule has 0 fully saturated rings. The number of halogens is 1. The number of nitrogens with one attached hydrogen (secondary N) is 2. The third-order valence-electron chi connectivity index (χ3n) is 4.74. The van der Waals surface area contributed by atoms with E-state index in [0.717, 1.165) is 28.9 Å². The van der Waals surface area contributed by atoms with E-state index in [1.54, 1.807) is 19.2 Å². The summed E-state index contributed by atoms with van der Waals surface area (Å²) in [4.78, 5) is 4.36. The number of nitrogens with zero attached hydrogens (tertiary/aromatic N) is 1. The van der Waals surface area contributed by atoms with Gasteiger partial charge in [-0.2, -0.15) is 0 Å². The summed E-state index contributed by atoms with van der Waals surface area (Å²) in [6, 6.07) is 12.6. The van der Waals surface area contributed by atoms with Crippen LogP contribution in [0.15, 0.2) is 52.4 Å². The zero-order chi connectivity index (χ0) is 23.0. The van der Waals surface area contributed by atoms with Crippen LogP contribution in [-0.4, -0.2) is 27.5 Å². The number of primary sulfonamides is 1. The van der Waals surface area contributed by atoms with Crippen molar-refractivity contribution in [3.8, 4) is 5.75 Å². The van der Waals surface area contributed by atoms with Gasteiger partial charge in [0.25, 0.3) is 0 Å². The summed E-state index contributed by atoms with van der Waals surface area (Å²) in [5, 5.41) is 11.7. The van der Waals surface area contributed by atoms with Gasteiger partial charge in [0.1, 0.15) is 5.75 Å². The van der Waals surface area contributed by atoms with E-state index in [1.807, 2.05) is 0 Å². The first-order valence-corrected chi connectivity index (χ1v) is 12.0. The Labute approximate surface area is 209 Å². The van der Waals surface area contributed by atoms with Gasteiger partial charge in [-0.1, -0.05) is 38.1 Å². The summed E-state index contributed by atoms with van der Waals surface area (Å²) < 4.78 is 28.9. The number of aryl methyl sites for hydroxylation is 1. The Morgan fingerprint density at radius 1 is 1.06 bits per heavy atom. The number of hydrogen-bond donors (Lipinski definition) is 3. The molecule has 0 aliphatic carbocycles. The first kappa shape index (κ1) is 28.2. The Balaban J connectivity index is 0.00000512. The van der Waals surface area contributed by atoms with Crippen molar-refractivity contribution in [2.45, 2.75) is 58.2 Å². The Kier molecular flexibility index (Phi) is 11.5. The predicted octanol–water partition coefficient (Wildman–Crippen LogP) is 3.94. The van der Waals surface area contributed by atoms with Crippen LogP contribution in [0.25, 0.3) is 0 Å². The highest BCUT2D eigenvalue weighted by atomic mass is 127. The monoisotopic (exact) mass is 574 g/mol. The van der Waals surface area contributed by atoms with Crippen molar-refractivity contribution in [1.29, 1.82) is 0 Å². The molecule has 1 atom stereocenters. The zero-order valence-corrected chi connectivity index (χ0v) is 22.5. The molecule has 7 nitrogen and oxygen atoms in total. The quantitative estimate of drug-likeness (QED) is 0.239. The molecule has 0 bridgehead atoms. The van der Waals surface area contributed by atoms with E-state index < -0.39 is 10.0 Å². The van der Waals surface area contributed by atoms with Crippen molar-refractivity contribution in [3.63, 3.8) is 0 Å². The standard InChI is InChI=1S/C23H34N4O3S.HI/c1-16(2)12-18(4)30-22-13-17(3)6-9-20(22)15-27-23(25-5)26-14-19-7-10-21(11-8-19)31(24,28)29;/h6-11,13,16,18H,12,14-15H2,1-5H3,(H2,24,28,29)(H2,25,26,27);1H. The third kappa shape index (κ3) is 9.33. The summed E-state index contributed by atoms with van der Waals surface area (Å²) >= 11 is 0. The van der Waals surface area contributed by atoms with Gasteiger partial charge in [0.15, 0.2) is 5.96 Å². The number of hydrogen-bond acceptors (Lipinski definition) is 4. The van der Waals surface area contributed by atoms with Crippen LogP contribution >= 0.6 is 24.0 Å². The first-order chi connectivity index (χ1) is 14.6. The fraction of sp³-hybridized carbons (Fsp3) is 0.435. The molecule has 0 amide bonds. The fourth-order valence-electron chi connectivity index (χ4n) is 3.23. The van der Waals surface area contributed by atoms with E-state index in [1.165, 1.54) is 12.1 Å². The van der Waals surface area contributed by atoms with Gasteiger partial charge in [0.05, 0.1) is 11.0 Å². The molecule has 0 saturated carbocycles. The predicted molar refractivity (Wildman–Crippen MR) is 141 cm³/mol. The SMILES string of the molecule is CN=C(NCc1ccc(S(N)(=O)=O)cc1)NCc1ccc(C)cc1OC(C)CC(C)C.I. The number of aliphatic imine (C=N–C) groups is 1. The zero-order valence-electron chi connectivity index (χ0n) is 19.4. The lowest BCUT2D eigenvalue weighted by Gasteiger charge is -2.20. The van der Waals surface area contributed by atoms with Crippen molar-refractivity contribution >= 4 is 40.0 Å². The summed E-state index contributed by atoms with van der Waals surface area (Å²) in [6.07, 6.45) is 1.13. The molecule has 4 N–H and O–H groups in total. The van der Waals surface area contributed by atoms with Crippen molar-refractivity contribution in [1.82, 2.24) is 10.6 Å². The average Bonchev–Trinajstić information content (AvgIpc) is 2.68. The lowest BCUT2D eigenvalue weighted by Crippen LogP contribution is -2.36. The van der Waals surface area contributed by atoms with Gasteiger partial charge in [-0.25, -0.2) is 13.6 Å². The molecular weight excluding hydrogens is 539 g/mol. The first-order valence-electron chi connectivity index (χ1n) is 10.4. The number of sulfonamides is 1. The van der Waals surface area contributed by atoms with Gasteiger partial charge in [-0.05, 0) is 55.5 Å². The number of guanidine groups is 1. The van der Waals surface area contributed by atoms with E-state index in [-0.39, 0.29) is 35.0 Å². The number of benzene rings is 2. The molecular formula is C23H35IN4O3S. The van der Waals surface area contributed by atoms with Crippen LogP contribution in [-0.2, 0) is 23.1 Å². The van der Waals surface area contributed by atoms with Crippen LogP contribution in [0.4, 0.5) is 0 Å². The number of nitrogens with two attached hydrogens (primary N) is 1. The highest BCUT2D eigenvalue weighted by Crippen LogP contribution is 2.23. The highest BCUT2D eigenvalue weighted by Gasteiger charge is 2.12. The van der Waals surface area contributed by atoms with Gasteiger partial charge >= 0.3 is 0 Å². The van der Waals surface area contributed by atoms with Crippen LogP contribution in [0.5, 0.6) is 5.75 Å². The summed E-state index contributed by atoms with van der Waals surface area (Å²) in [5.74, 6) is 2.09. The van der Waals surface area contributed by atoms with Crippen molar-refractivity contribution in [2.24, 2.45) is 16.0 Å². The second-order valence-electron chi connectivity index (χ2n) is 8.14. The van der Waals surface area contributed by atoms with Crippen LogP contribution in [0.3, 0.4) is 0 Å². The van der Waals surface area contributed by atoms with Gasteiger partial charge < -0.3 is 15.4 Å². The lowest BCUT2D eigenvalue weighted by molar-refractivity contribution is 0.191. The summed E-state index contributed by atoms with van der Waals surface area (Å²) in [6.45, 7) is 9.59. The maximum atomic E-state index is 11.4. The van der Waals surface area contributed by atoms with E-state index in [2.05, 4.69) is 61.5 Å². The highest BCUT2D eigenvalue weighted by molar-refractivity contribution is 14.0. The van der Waals surface area contributed by atoms with Gasteiger partial charge in [-0.15, -0.1) is 24.0 Å². The van der Waals surface area contributed by atoms with Gasteiger partial charge in [0, 0.05) is 25.7 Å². The largest absolute Gasteiger partial charge is 0.490 e. The van der Waals surface area contributed by atoms with Gasteiger partial charge in [-0.3, -0.25) is 4.99 Å². The number of ether oxygens (including phenoxy) is 1. The number of rotatable bonds is 9. The van der Waals surface area contributed by atoms with Crippen LogP contribution in [0.1, 0.15) is 43.9 Å². The molecule has 0 aliphatic rings. The van der Waals surface area contributed by atoms with E-state index in [9.17, 15) is 8.42 Å². The molecule has 32 heavy (non-hydrogen) atoms. The molecule has 0 radical (unpaired) electrons. The summed E-state index contributed by atoms with van der Waals surface area (Å²) in [5.41, 5.74) is 3.12. The van der Waals surface area contributed by atoms with Crippen LogP contribution in [0.2, 0.25) is 0 Å². The van der Waals surface area contributed by atoms with Crippen LogP contribution in [0, 0.1) is 12.8 Å². The molecule has 9 heteroatoms.